The second kappa shape index (κ2) is 9.87. The molecule has 0 heterocycles. The third kappa shape index (κ3) is 4.67. The fourth-order valence-electron chi connectivity index (χ4n) is 4.71. The van der Waals surface area contributed by atoms with Gasteiger partial charge >= 0.3 is 0 Å². The molecule has 0 amide bonds. The van der Waals surface area contributed by atoms with Crippen molar-refractivity contribution in [3.63, 3.8) is 0 Å². The molecule has 0 atom stereocenters. The minimum atomic E-state index is 1.06. The van der Waals surface area contributed by atoms with Crippen molar-refractivity contribution >= 4 is 33.8 Å². The van der Waals surface area contributed by atoms with Crippen molar-refractivity contribution in [2.75, 3.05) is 5.32 Å². The second-order valence-corrected chi connectivity index (χ2v) is 8.84. The summed E-state index contributed by atoms with van der Waals surface area (Å²) in [7, 11) is 0. The van der Waals surface area contributed by atoms with Gasteiger partial charge < -0.3 is 5.32 Å². The minimum absolute atomic E-state index is 1.06. The number of fused-ring (bicyclic) bond motifs is 1. The third-order valence-corrected chi connectivity index (χ3v) is 6.42. The first-order chi connectivity index (χ1) is 17.1. The number of allylic oxidation sites excluding steroid dienone is 1. The molecule has 0 fully saturated rings. The average molecular weight is 452 g/mol. The van der Waals surface area contributed by atoms with Gasteiger partial charge in [0.25, 0.3) is 0 Å². The maximum absolute atomic E-state index is 4.26. The first-order valence-electron chi connectivity index (χ1n) is 12.0. The highest BCUT2D eigenvalue weighted by Crippen LogP contribution is 2.30. The molecule has 35 heavy (non-hydrogen) atoms. The Morgan fingerprint density at radius 2 is 1.31 bits per heavy atom. The summed E-state index contributed by atoms with van der Waals surface area (Å²) < 4.78 is 0. The zero-order valence-corrected chi connectivity index (χ0v) is 20.3. The third-order valence-electron chi connectivity index (χ3n) is 6.42. The molecule has 0 radical (unpaired) electrons. The minimum Gasteiger partial charge on any atom is -0.356 e. The normalized spacial score (nSPS) is 12.5. The van der Waals surface area contributed by atoms with Crippen molar-refractivity contribution < 1.29 is 0 Å². The molecule has 0 aliphatic rings. The van der Waals surface area contributed by atoms with E-state index in [1.54, 1.807) is 0 Å². The standard InChI is InChI=1S/C34H29N/c1-4-25-10-5-8-14-33(25)34(24(2)3)28-18-22-30(23-19-28)35-29-20-16-27(17-21-29)32-15-9-12-26-11-6-7-13-31(26)32/h4-23,35H,2H2,1,3H3/b25-4-,34-33+. The quantitative estimate of drug-likeness (QED) is 0.287. The summed E-state index contributed by atoms with van der Waals surface area (Å²) in [5, 5.41) is 8.51. The zero-order valence-electron chi connectivity index (χ0n) is 20.3. The van der Waals surface area contributed by atoms with Crippen LogP contribution in [0.5, 0.6) is 0 Å². The largest absolute Gasteiger partial charge is 0.356 e. The predicted molar refractivity (Wildman–Crippen MR) is 152 cm³/mol. The van der Waals surface area contributed by atoms with E-state index in [0.29, 0.717) is 0 Å². The Labute approximate surface area is 207 Å². The van der Waals surface area contributed by atoms with E-state index in [1.165, 1.54) is 43.5 Å². The molecule has 5 aromatic carbocycles. The van der Waals surface area contributed by atoms with Gasteiger partial charge in [-0.2, -0.15) is 0 Å². The number of benzene rings is 5. The zero-order chi connectivity index (χ0) is 24.2. The van der Waals surface area contributed by atoms with Crippen molar-refractivity contribution in [3.05, 3.63) is 143 Å². The van der Waals surface area contributed by atoms with E-state index in [0.717, 1.165) is 16.9 Å². The predicted octanol–water partition coefficient (Wildman–Crippen LogP) is 7.83. The van der Waals surface area contributed by atoms with Gasteiger partial charge in [-0.15, -0.1) is 0 Å². The maximum Gasteiger partial charge on any atom is 0.0384 e. The number of hydrogen-bond donors (Lipinski definition) is 1. The summed E-state index contributed by atoms with van der Waals surface area (Å²) in [6, 6.07) is 40.7. The lowest BCUT2D eigenvalue weighted by molar-refractivity contribution is 1.41. The van der Waals surface area contributed by atoms with Gasteiger partial charge in [-0.3, -0.25) is 0 Å². The Bertz CT molecular complexity index is 1620. The molecule has 1 nitrogen and oxygen atoms in total. The summed E-state index contributed by atoms with van der Waals surface area (Å²) in [5.41, 5.74) is 8.01. The van der Waals surface area contributed by atoms with Gasteiger partial charge in [-0.25, -0.2) is 0 Å². The number of rotatable bonds is 5. The van der Waals surface area contributed by atoms with Crippen LogP contribution in [-0.4, -0.2) is 0 Å². The first kappa shape index (κ1) is 22.4. The average Bonchev–Trinajstić information content (AvgIpc) is 2.90. The van der Waals surface area contributed by atoms with E-state index in [1.807, 2.05) is 0 Å². The van der Waals surface area contributed by atoms with E-state index in [4.69, 9.17) is 0 Å². The van der Waals surface area contributed by atoms with Crippen molar-refractivity contribution in [1.82, 2.24) is 0 Å². The van der Waals surface area contributed by atoms with Crippen LogP contribution in [-0.2, 0) is 0 Å². The van der Waals surface area contributed by atoms with Crippen LogP contribution in [0.15, 0.2) is 127 Å². The topological polar surface area (TPSA) is 12.0 Å². The highest BCUT2D eigenvalue weighted by atomic mass is 14.9. The molecule has 1 heteroatoms. The summed E-state index contributed by atoms with van der Waals surface area (Å²) in [6.07, 6.45) is 2.15. The van der Waals surface area contributed by atoms with E-state index in [2.05, 4.69) is 147 Å². The molecule has 1 N–H and O–H groups in total. The summed E-state index contributed by atoms with van der Waals surface area (Å²) in [5.74, 6) is 0. The smallest absolute Gasteiger partial charge is 0.0384 e. The van der Waals surface area contributed by atoms with Crippen LogP contribution in [0.3, 0.4) is 0 Å². The van der Waals surface area contributed by atoms with Crippen LogP contribution in [0.1, 0.15) is 19.4 Å². The Balaban J connectivity index is 1.42. The lowest BCUT2D eigenvalue weighted by Gasteiger charge is -2.12. The van der Waals surface area contributed by atoms with E-state index in [-0.39, 0.29) is 0 Å². The second-order valence-electron chi connectivity index (χ2n) is 8.84. The van der Waals surface area contributed by atoms with Crippen LogP contribution >= 0.6 is 0 Å². The monoisotopic (exact) mass is 451 g/mol. The fraction of sp³-hybridized carbons (Fsp3) is 0.0588. The summed E-state index contributed by atoms with van der Waals surface area (Å²) in [6.45, 7) is 8.41. The van der Waals surface area contributed by atoms with E-state index >= 15 is 0 Å². The molecule has 0 unspecified atom stereocenters. The fourth-order valence-corrected chi connectivity index (χ4v) is 4.71. The molecular formula is C34H29N. The van der Waals surface area contributed by atoms with Crippen LogP contribution in [0.25, 0.3) is 33.5 Å². The van der Waals surface area contributed by atoms with Crippen LogP contribution in [0.4, 0.5) is 11.4 Å². The molecule has 5 rings (SSSR count). The van der Waals surface area contributed by atoms with Gasteiger partial charge in [-0.1, -0.05) is 104 Å². The van der Waals surface area contributed by atoms with Gasteiger partial charge in [0.1, 0.15) is 0 Å². The van der Waals surface area contributed by atoms with Crippen molar-refractivity contribution in [3.8, 4) is 11.1 Å². The Morgan fingerprint density at radius 1 is 0.686 bits per heavy atom. The van der Waals surface area contributed by atoms with Crippen LogP contribution in [0.2, 0.25) is 0 Å². The molecule has 0 saturated heterocycles. The molecular weight excluding hydrogens is 422 g/mol. The van der Waals surface area contributed by atoms with Crippen LogP contribution in [0, 0.1) is 0 Å². The van der Waals surface area contributed by atoms with Gasteiger partial charge in [-0.05, 0) is 87.2 Å². The number of hydrogen-bond acceptors (Lipinski definition) is 1. The maximum atomic E-state index is 4.26. The lowest BCUT2D eigenvalue weighted by Crippen LogP contribution is -2.26. The molecule has 0 spiro atoms. The van der Waals surface area contributed by atoms with Gasteiger partial charge in [0.05, 0.1) is 0 Å². The van der Waals surface area contributed by atoms with E-state index < -0.39 is 0 Å². The van der Waals surface area contributed by atoms with Crippen molar-refractivity contribution in [1.29, 1.82) is 0 Å². The Morgan fingerprint density at radius 3 is 2.03 bits per heavy atom. The van der Waals surface area contributed by atoms with Crippen molar-refractivity contribution in [2.45, 2.75) is 13.8 Å². The molecule has 0 saturated carbocycles. The van der Waals surface area contributed by atoms with Gasteiger partial charge in [0.15, 0.2) is 0 Å². The molecule has 5 aromatic rings. The van der Waals surface area contributed by atoms with Crippen LogP contribution < -0.4 is 15.8 Å². The van der Waals surface area contributed by atoms with Gasteiger partial charge in [0.2, 0.25) is 0 Å². The molecule has 0 bridgehead atoms. The highest BCUT2D eigenvalue weighted by molar-refractivity contribution is 5.96. The highest BCUT2D eigenvalue weighted by Gasteiger charge is 2.06. The first-order valence-corrected chi connectivity index (χ1v) is 12.0. The molecule has 0 aliphatic carbocycles. The number of anilines is 2. The summed E-state index contributed by atoms with van der Waals surface area (Å²) in [4.78, 5) is 0. The summed E-state index contributed by atoms with van der Waals surface area (Å²) >= 11 is 0. The molecule has 170 valence electrons. The van der Waals surface area contributed by atoms with Crippen molar-refractivity contribution in [2.24, 2.45) is 0 Å². The molecule has 0 aromatic heterocycles. The van der Waals surface area contributed by atoms with E-state index in [9.17, 15) is 0 Å². The molecule has 0 aliphatic heterocycles. The Kier molecular flexibility index (Phi) is 6.32. The number of nitrogens with one attached hydrogen (secondary N) is 1. The SMILES string of the molecule is C=C(C)/C(c1ccc(Nc2ccc(-c3cccc4ccccc34)cc2)cc1)=c1/cccc/c1=C/C. The lowest BCUT2D eigenvalue weighted by atomic mass is 9.96. The van der Waals surface area contributed by atoms with Gasteiger partial charge in [0, 0.05) is 11.4 Å². The Hall–Kier alpha value is -4.36.